The second-order valence-corrected chi connectivity index (χ2v) is 7.23. The molecule has 5 nitrogen and oxygen atoms in total. The van der Waals surface area contributed by atoms with E-state index in [1.54, 1.807) is 24.8 Å². The first-order chi connectivity index (χ1) is 11.8. The number of aromatic amines is 1. The van der Waals surface area contributed by atoms with Crippen LogP contribution in [-0.2, 0) is 0 Å². The van der Waals surface area contributed by atoms with Crippen molar-refractivity contribution in [3.63, 3.8) is 0 Å². The van der Waals surface area contributed by atoms with Crippen molar-refractivity contribution in [3.8, 4) is 11.1 Å². The Labute approximate surface area is 147 Å². The van der Waals surface area contributed by atoms with Gasteiger partial charge in [-0.25, -0.2) is 0 Å². The first-order valence-electron chi connectivity index (χ1n) is 8.61. The molecule has 5 heteroatoms. The van der Waals surface area contributed by atoms with Gasteiger partial charge in [-0.15, -0.1) is 0 Å². The minimum absolute atomic E-state index is 0.126. The highest BCUT2D eigenvalue weighted by Crippen LogP contribution is 2.29. The van der Waals surface area contributed by atoms with Crippen LogP contribution in [0.2, 0.25) is 0 Å². The molecule has 2 aromatic rings. The Kier molecular flexibility index (Phi) is 4.52. The minimum atomic E-state index is -0.994. The Balaban J connectivity index is 2.03. The van der Waals surface area contributed by atoms with E-state index in [9.17, 15) is 14.7 Å². The lowest BCUT2D eigenvalue weighted by Crippen LogP contribution is -2.49. The number of aryl methyl sites for hydroxylation is 1. The summed E-state index contributed by atoms with van der Waals surface area (Å²) in [5.74, 6) is -0.317. The zero-order valence-corrected chi connectivity index (χ0v) is 14.9. The molecule has 0 bridgehead atoms. The summed E-state index contributed by atoms with van der Waals surface area (Å²) in [6, 6.07) is 11.1. The third kappa shape index (κ3) is 3.37. The van der Waals surface area contributed by atoms with Crippen LogP contribution in [0.3, 0.4) is 0 Å². The Bertz CT molecular complexity index is 834. The van der Waals surface area contributed by atoms with Crippen molar-refractivity contribution in [1.29, 1.82) is 0 Å². The molecule has 1 amide bonds. The number of hydrogen-bond donors (Lipinski definition) is 2. The first kappa shape index (κ1) is 17.4. The van der Waals surface area contributed by atoms with Gasteiger partial charge >= 0.3 is 0 Å². The maximum absolute atomic E-state index is 13.0. The Morgan fingerprint density at radius 3 is 2.60 bits per heavy atom. The van der Waals surface area contributed by atoms with E-state index in [2.05, 4.69) is 4.98 Å². The number of H-pyrrole nitrogens is 1. The van der Waals surface area contributed by atoms with Crippen molar-refractivity contribution in [1.82, 2.24) is 9.88 Å². The van der Waals surface area contributed by atoms with Gasteiger partial charge in [0.2, 0.25) is 0 Å². The minimum Gasteiger partial charge on any atom is -0.388 e. The molecule has 1 aromatic heterocycles. The summed E-state index contributed by atoms with van der Waals surface area (Å²) in [6.07, 6.45) is 1.57. The van der Waals surface area contributed by atoms with Crippen LogP contribution >= 0.6 is 0 Å². The van der Waals surface area contributed by atoms with Crippen LogP contribution in [0, 0.1) is 6.92 Å². The lowest BCUT2D eigenvalue weighted by atomic mass is 9.96. The Hall–Kier alpha value is -2.40. The molecule has 25 heavy (non-hydrogen) atoms. The highest BCUT2D eigenvalue weighted by Gasteiger charge is 2.39. The molecule has 1 aromatic carbocycles. The second kappa shape index (κ2) is 6.48. The second-order valence-electron chi connectivity index (χ2n) is 7.23. The van der Waals surface area contributed by atoms with E-state index >= 15 is 0 Å². The maximum atomic E-state index is 13.0. The molecular weight excluding hydrogens is 316 g/mol. The van der Waals surface area contributed by atoms with E-state index in [0.29, 0.717) is 6.54 Å². The molecular formula is C20H24N2O3. The summed E-state index contributed by atoms with van der Waals surface area (Å²) < 4.78 is 0. The molecule has 1 fully saturated rings. The fourth-order valence-electron chi connectivity index (χ4n) is 3.60. The van der Waals surface area contributed by atoms with Crippen molar-refractivity contribution in [3.05, 3.63) is 58.0 Å². The average molecular weight is 340 g/mol. The molecule has 0 radical (unpaired) electrons. The van der Waals surface area contributed by atoms with Crippen molar-refractivity contribution in [2.24, 2.45) is 0 Å². The predicted octanol–water partition coefficient (Wildman–Crippen LogP) is 2.73. The maximum Gasteiger partial charge on any atom is 0.261 e. The molecule has 0 saturated carbocycles. The number of carbonyl (C=O) groups is 1. The van der Waals surface area contributed by atoms with E-state index in [1.807, 2.05) is 37.3 Å². The summed E-state index contributed by atoms with van der Waals surface area (Å²) in [5, 5.41) is 10.3. The van der Waals surface area contributed by atoms with E-state index in [-0.39, 0.29) is 23.1 Å². The molecule has 2 N–H and O–H groups in total. The number of benzene rings is 1. The standard InChI is InChI=1S/C20H24N2O3/c1-13-15(14-8-5-4-6-9-14)12-16(18(23)21-13)19(24)22-11-7-10-17(22)20(2,3)25/h4-6,8-9,12,17,25H,7,10-11H2,1-3H3,(H,21,23). The highest BCUT2D eigenvalue weighted by molar-refractivity contribution is 5.95. The van der Waals surface area contributed by atoms with E-state index < -0.39 is 5.60 Å². The molecule has 1 saturated heterocycles. The number of nitrogens with zero attached hydrogens (tertiary/aromatic N) is 1. The van der Waals surface area contributed by atoms with Crippen LogP contribution in [0.15, 0.2) is 41.2 Å². The first-order valence-corrected chi connectivity index (χ1v) is 8.61. The van der Waals surface area contributed by atoms with Gasteiger partial charge in [0, 0.05) is 17.8 Å². The normalized spacial score (nSPS) is 17.8. The van der Waals surface area contributed by atoms with Gasteiger partial charge in [0.1, 0.15) is 5.56 Å². The molecule has 0 spiro atoms. The Morgan fingerprint density at radius 2 is 1.96 bits per heavy atom. The Morgan fingerprint density at radius 1 is 1.28 bits per heavy atom. The molecule has 1 aliphatic rings. The molecule has 1 atom stereocenters. The lowest BCUT2D eigenvalue weighted by molar-refractivity contribution is 0.000266. The number of aromatic nitrogens is 1. The molecule has 0 aliphatic carbocycles. The van der Waals surface area contributed by atoms with Crippen LogP contribution in [0.4, 0.5) is 0 Å². The topological polar surface area (TPSA) is 73.4 Å². The number of hydrogen-bond acceptors (Lipinski definition) is 3. The number of pyridine rings is 1. The van der Waals surface area contributed by atoms with Crippen molar-refractivity contribution < 1.29 is 9.90 Å². The fourth-order valence-corrected chi connectivity index (χ4v) is 3.60. The molecule has 132 valence electrons. The predicted molar refractivity (Wildman–Crippen MR) is 97.6 cm³/mol. The number of aliphatic hydroxyl groups is 1. The summed E-state index contributed by atoms with van der Waals surface area (Å²) >= 11 is 0. The monoisotopic (exact) mass is 340 g/mol. The van der Waals surface area contributed by atoms with Gasteiger partial charge in [-0.05, 0) is 45.2 Å². The fraction of sp³-hybridized carbons (Fsp3) is 0.400. The van der Waals surface area contributed by atoms with Crippen LogP contribution < -0.4 is 5.56 Å². The third-order valence-electron chi connectivity index (χ3n) is 4.88. The van der Waals surface area contributed by atoms with Crippen molar-refractivity contribution in [2.45, 2.75) is 45.3 Å². The summed E-state index contributed by atoms with van der Waals surface area (Å²) in [5.41, 5.74) is 1.26. The highest BCUT2D eigenvalue weighted by atomic mass is 16.3. The van der Waals surface area contributed by atoms with Crippen LogP contribution in [0.1, 0.15) is 42.7 Å². The lowest BCUT2D eigenvalue weighted by Gasteiger charge is -2.33. The number of carbonyl (C=O) groups excluding carboxylic acids is 1. The van der Waals surface area contributed by atoms with Gasteiger partial charge in [0.15, 0.2) is 0 Å². The third-order valence-corrected chi connectivity index (χ3v) is 4.88. The number of likely N-dealkylation sites (tertiary alicyclic amines) is 1. The van der Waals surface area contributed by atoms with Gasteiger partial charge in [0.25, 0.3) is 11.5 Å². The van der Waals surface area contributed by atoms with Crippen molar-refractivity contribution in [2.75, 3.05) is 6.54 Å². The molecule has 2 heterocycles. The van der Waals surface area contributed by atoms with Crippen molar-refractivity contribution >= 4 is 5.91 Å². The van der Waals surface area contributed by atoms with Gasteiger partial charge in [-0.1, -0.05) is 30.3 Å². The van der Waals surface area contributed by atoms with Gasteiger partial charge in [-0.2, -0.15) is 0 Å². The zero-order valence-electron chi connectivity index (χ0n) is 14.9. The quantitative estimate of drug-likeness (QED) is 0.902. The smallest absolute Gasteiger partial charge is 0.261 e. The number of nitrogens with one attached hydrogen (secondary N) is 1. The van der Waals surface area contributed by atoms with Crippen LogP contribution in [0.5, 0.6) is 0 Å². The van der Waals surface area contributed by atoms with Gasteiger partial charge in [-0.3, -0.25) is 9.59 Å². The number of amides is 1. The van der Waals surface area contributed by atoms with E-state index in [4.69, 9.17) is 0 Å². The van der Waals surface area contributed by atoms with Crippen LogP contribution in [-0.4, -0.2) is 39.1 Å². The largest absolute Gasteiger partial charge is 0.388 e. The van der Waals surface area contributed by atoms with E-state index in [1.165, 1.54) is 0 Å². The summed E-state index contributed by atoms with van der Waals surface area (Å²) in [6.45, 7) is 5.80. The van der Waals surface area contributed by atoms with Gasteiger partial charge in [0.05, 0.1) is 11.6 Å². The average Bonchev–Trinajstić information content (AvgIpc) is 3.05. The SMILES string of the molecule is Cc1[nH]c(=O)c(C(=O)N2CCCC2C(C)(C)O)cc1-c1ccccc1. The number of rotatable bonds is 3. The summed E-state index contributed by atoms with van der Waals surface area (Å²) in [4.78, 5) is 29.9. The van der Waals surface area contributed by atoms with E-state index in [0.717, 1.165) is 29.7 Å². The van der Waals surface area contributed by atoms with Gasteiger partial charge < -0.3 is 15.0 Å². The molecule has 1 aliphatic heterocycles. The zero-order chi connectivity index (χ0) is 18.2. The summed E-state index contributed by atoms with van der Waals surface area (Å²) in [7, 11) is 0. The van der Waals surface area contributed by atoms with Crippen LogP contribution in [0.25, 0.3) is 11.1 Å². The molecule has 3 rings (SSSR count). The molecule has 1 unspecified atom stereocenters.